The van der Waals surface area contributed by atoms with Crippen molar-refractivity contribution in [3.8, 4) is 0 Å². The summed E-state index contributed by atoms with van der Waals surface area (Å²) in [7, 11) is 1.91. The topological polar surface area (TPSA) is 68.8 Å². The molecule has 0 saturated heterocycles. The average Bonchev–Trinajstić information content (AvgIpc) is 3.18. The van der Waals surface area contributed by atoms with E-state index in [4.69, 9.17) is 4.42 Å². The van der Waals surface area contributed by atoms with Gasteiger partial charge >= 0.3 is 0 Å². The molecule has 0 atom stereocenters. The summed E-state index contributed by atoms with van der Waals surface area (Å²) in [5.41, 5.74) is 0. The predicted octanol–water partition coefficient (Wildman–Crippen LogP) is 2.39. The van der Waals surface area contributed by atoms with E-state index in [2.05, 4.69) is 20.8 Å². The van der Waals surface area contributed by atoms with E-state index in [0.717, 1.165) is 29.0 Å². The maximum Gasteiger partial charge on any atom is 0.210 e. The van der Waals surface area contributed by atoms with Crippen molar-refractivity contribution in [2.24, 2.45) is 0 Å². The molecule has 1 saturated carbocycles. The van der Waals surface area contributed by atoms with Gasteiger partial charge in [-0.1, -0.05) is 24.6 Å². The Kier molecular flexibility index (Phi) is 4.37. The van der Waals surface area contributed by atoms with Gasteiger partial charge in [0.05, 0.1) is 18.3 Å². The normalized spacial score (nSPS) is 16.1. The van der Waals surface area contributed by atoms with Crippen molar-refractivity contribution in [3.05, 3.63) is 23.7 Å². The third-order valence-electron chi connectivity index (χ3n) is 3.55. The van der Waals surface area contributed by atoms with E-state index in [0.29, 0.717) is 6.04 Å². The first-order chi connectivity index (χ1) is 9.86. The fraction of sp³-hybridized carbons (Fsp3) is 0.615. The molecule has 1 N–H and O–H groups in total. The second-order valence-electron chi connectivity index (χ2n) is 5.03. The summed E-state index contributed by atoms with van der Waals surface area (Å²) in [4.78, 5) is 0. The highest BCUT2D eigenvalue weighted by atomic mass is 32.2. The number of hydrogen-bond donors (Lipinski definition) is 1. The number of furan rings is 1. The second-order valence-corrected chi connectivity index (χ2v) is 5.97. The van der Waals surface area contributed by atoms with Crippen molar-refractivity contribution < 1.29 is 4.42 Å². The molecule has 0 spiro atoms. The third kappa shape index (κ3) is 3.04. The summed E-state index contributed by atoms with van der Waals surface area (Å²) in [5, 5.41) is 16.1. The molecular weight excluding hydrogens is 274 g/mol. The van der Waals surface area contributed by atoms with Crippen LogP contribution in [0.25, 0.3) is 0 Å². The van der Waals surface area contributed by atoms with Crippen molar-refractivity contribution >= 4 is 11.8 Å². The highest BCUT2D eigenvalue weighted by Gasteiger charge is 2.21. The Labute approximate surface area is 122 Å². The SMILES string of the molecule is CNCc1ccc(CSc2nnnn2C2CCCC2)o1. The molecule has 1 aliphatic carbocycles. The minimum atomic E-state index is 0.476. The van der Waals surface area contributed by atoms with Gasteiger partial charge in [-0.05, 0) is 42.4 Å². The summed E-state index contributed by atoms with van der Waals surface area (Å²) in [6.45, 7) is 0.754. The van der Waals surface area contributed by atoms with Gasteiger partial charge in [0, 0.05) is 0 Å². The summed E-state index contributed by atoms with van der Waals surface area (Å²) in [6.07, 6.45) is 4.93. The number of nitrogens with one attached hydrogen (secondary N) is 1. The number of tetrazole rings is 1. The van der Waals surface area contributed by atoms with Crippen molar-refractivity contribution in [2.75, 3.05) is 7.05 Å². The molecule has 0 amide bonds. The van der Waals surface area contributed by atoms with E-state index < -0.39 is 0 Å². The molecule has 0 aromatic carbocycles. The third-order valence-corrected chi connectivity index (χ3v) is 4.50. The fourth-order valence-electron chi connectivity index (χ4n) is 2.56. The number of nitrogens with zero attached hydrogens (tertiary/aromatic N) is 4. The maximum absolute atomic E-state index is 5.73. The first-order valence-corrected chi connectivity index (χ1v) is 7.98. The Bertz CT molecular complexity index is 546. The molecule has 7 heteroatoms. The van der Waals surface area contributed by atoms with Crippen molar-refractivity contribution in [1.82, 2.24) is 25.5 Å². The van der Waals surface area contributed by atoms with E-state index >= 15 is 0 Å². The predicted molar refractivity (Wildman–Crippen MR) is 76.4 cm³/mol. The minimum Gasteiger partial charge on any atom is -0.464 e. The van der Waals surface area contributed by atoms with Crippen LogP contribution in [0.1, 0.15) is 43.2 Å². The molecule has 6 nitrogen and oxygen atoms in total. The molecule has 0 aliphatic heterocycles. The van der Waals surface area contributed by atoms with Crippen LogP contribution in [0, 0.1) is 0 Å². The maximum atomic E-state index is 5.73. The zero-order valence-electron chi connectivity index (χ0n) is 11.6. The molecule has 108 valence electrons. The second kappa shape index (κ2) is 6.41. The molecule has 0 bridgehead atoms. The van der Waals surface area contributed by atoms with Gasteiger partial charge in [-0.2, -0.15) is 0 Å². The molecule has 1 aliphatic rings. The highest BCUT2D eigenvalue weighted by Crippen LogP contribution is 2.32. The van der Waals surface area contributed by atoms with Crippen LogP contribution in [-0.4, -0.2) is 27.3 Å². The number of hydrogen-bond acceptors (Lipinski definition) is 6. The van der Waals surface area contributed by atoms with Gasteiger partial charge in [0.2, 0.25) is 5.16 Å². The summed E-state index contributed by atoms with van der Waals surface area (Å²) < 4.78 is 7.71. The smallest absolute Gasteiger partial charge is 0.210 e. The van der Waals surface area contributed by atoms with Crippen LogP contribution in [0.5, 0.6) is 0 Å². The van der Waals surface area contributed by atoms with Gasteiger partial charge in [0.15, 0.2) is 0 Å². The van der Waals surface area contributed by atoms with Gasteiger partial charge in [0.25, 0.3) is 0 Å². The van der Waals surface area contributed by atoms with Crippen LogP contribution in [0.3, 0.4) is 0 Å². The summed E-state index contributed by atoms with van der Waals surface area (Å²) in [6, 6.07) is 4.50. The molecule has 3 rings (SSSR count). The highest BCUT2D eigenvalue weighted by molar-refractivity contribution is 7.98. The molecule has 20 heavy (non-hydrogen) atoms. The molecule has 2 aromatic heterocycles. The van der Waals surface area contributed by atoms with Crippen molar-refractivity contribution in [2.45, 2.75) is 49.2 Å². The van der Waals surface area contributed by atoms with Crippen LogP contribution in [0.15, 0.2) is 21.7 Å². The molecule has 0 radical (unpaired) electrons. The standard InChI is InChI=1S/C13H19N5OS/c1-14-8-11-6-7-12(19-11)9-20-13-15-16-17-18(13)10-4-2-3-5-10/h6-7,10,14H,2-5,8-9H2,1H3. The molecule has 1 fully saturated rings. The Morgan fingerprint density at radius 2 is 2.15 bits per heavy atom. The zero-order chi connectivity index (χ0) is 13.8. The quantitative estimate of drug-likeness (QED) is 0.825. The molecule has 0 unspecified atom stereocenters. The molecular formula is C13H19N5OS. The Morgan fingerprint density at radius 1 is 1.35 bits per heavy atom. The lowest BCUT2D eigenvalue weighted by atomic mass is 10.3. The van der Waals surface area contributed by atoms with Crippen LogP contribution in [0.2, 0.25) is 0 Å². The Hall–Kier alpha value is -1.34. The minimum absolute atomic E-state index is 0.476. The van der Waals surface area contributed by atoms with Crippen LogP contribution in [0.4, 0.5) is 0 Å². The van der Waals surface area contributed by atoms with Gasteiger partial charge in [-0.15, -0.1) is 5.10 Å². The van der Waals surface area contributed by atoms with Gasteiger partial charge in [0.1, 0.15) is 11.5 Å². The monoisotopic (exact) mass is 293 g/mol. The summed E-state index contributed by atoms with van der Waals surface area (Å²) in [5.74, 6) is 2.68. The first-order valence-electron chi connectivity index (χ1n) is 6.99. The van der Waals surface area contributed by atoms with E-state index in [-0.39, 0.29) is 0 Å². The number of rotatable bonds is 6. The van der Waals surface area contributed by atoms with Crippen LogP contribution in [-0.2, 0) is 12.3 Å². The summed E-state index contributed by atoms with van der Waals surface area (Å²) >= 11 is 1.64. The van der Waals surface area contributed by atoms with E-state index in [9.17, 15) is 0 Å². The number of aromatic nitrogens is 4. The zero-order valence-corrected chi connectivity index (χ0v) is 12.4. The average molecular weight is 293 g/mol. The van der Waals surface area contributed by atoms with E-state index in [1.54, 1.807) is 11.8 Å². The van der Waals surface area contributed by atoms with Crippen LogP contribution < -0.4 is 5.32 Å². The fourth-order valence-corrected chi connectivity index (χ4v) is 3.40. The van der Waals surface area contributed by atoms with Gasteiger partial charge < -0.3 is 9.73 Å². The lowest BCUT2D eigenvalue weighted by Crippen LogP contribution is -2.08. The van der Waals surface area contributed by atoms with E-state index in [1.165, 1.54) is 25.7 Å². The molecule has 2 heterocycles. The Morgan fingerprint density at radius 3 is 2.95 bits per heavy atom. The lowest BCUT2D eigenvalue weighted by Gasteiger charge is -2.10. The van der Waals surface area contributed by atoms with Crippen molar-refractivity contribution in [1.29, 1.82) is 0 Å². The Balaban J connectivity index is 1.61. The lowest BCUT2D eigenvalue weighted by molar-refractivity contribution is 0.422. The molecule has 2 aromatic rings. The van der Waals surface area contributed by atoms with Gasteiger partial charge in [-0.3, -0.25) is 0 Å². The van der Waals surface area contributed by atoms with Crippen molar-refractivity contribution in [3.63, 3.8) is 0 Å². The van der Waals surface area contributed by atoms with Crippen LogP contribution >= 0.6 is 11.8 Å². The van der Waals surface area contributed by atoms with Gasteiger partial charge in [-0.25, -0.2) is 4.68 Å². The van der Waals surface area contributed by atoms with E-state index in [1.807, 2.05) is 23.9 Å². The first kappa shape index (κ1) is 13.6. The number of thioether (sulfide) groups is 1. The largest absolute Gasteiger partial charge is 0.464 e.